The average Bonchev–Trinajstić information content (AvgIpc) is 2.97. The first-order valence-electron chi connectivity index (χ1n) is 7.15. The molecule has 0 bridgehead atoms. The lowest BCUT2D eigenvalue weighted by atomic mass is 10.1. The zero-order chi connectivity index (χ0) is 15.6. The molecule has 1 saturated heterocycles. The lowest BCUT2D eigenvalue weighted by Gasteiger charge is -2.17. The molecule has 0 spiro atoms. The summed E-state index contributed by atoms with van der Waals surface area (Å²) in [5.41, 5.74) is 6.74. The van der Waals surface area contributed by atoms with Crippen LogP contribution in [0.2, 0.25) is 0 Å². The molecule has 8 heteroatoms. The third kappa shape index (κ3) is 3.13. The fourth-order valence-electron chi connectivity index (χ4n) is 2.91. The molecule has 1 atom stereocenters. The van der Waals surface area contributed by atoms with Gasteiger partial charge in [0.05, 0.1) is 24.5 Å². The normalized spacial score (nSPS) is 20.3. The monoisotopic (exact) mass is 316 g/mol. The van der Waals surface area contributed by atoms with Crippen LogP contribution in [0.3, 0.4) is 0 Å². The molecule has 2 N–H and O–H groups in total. The lowest BCUT2D eigenvalue weighted by molar-refractivity contribution is 0.157. The molecule has 2 rings (SSSR count). The molecular weight excluding hydrogens is 292 g/mol. The predicted molar refractivity (Wildman–Crippen MR) is 79.5 cm³/mol. The summed E-state index contributed by atoms with van der Waals surface area (Å²) in [4.78, 5) is 0.328. The van der Waals surface area contributed by atoms with Crippen LogP contribution in [0.5, 0.6) is 0 Å². The van der Waals surface area contributed by atoms with E-state index in [1.54, 1.807) is 29.9 Å². The van der Waals surface area contributed by atoms with E-state index in [1.807, 2.05) is 0 Å². The molecule has 0 radical (unpaired) electrons. The van der Waals surface area contributed by atoms with Gasteiger partial charge in [-0.15, -0.1) is 0 Å². The first kappa shape index (κ1) is 16.4. The topological polar surface area (TPSA) is 90.5 Å². The summed E-state index contributed by atoms with van der Waals surface area (Å²) in [5, 5.41) is 4.30. The minimum atomic E-state index is -3.50. The Morgan fingerprint density at radius 2 is 2.14 bits per heavy atom. The summed E-state index contributed by atoms with van der Waals surface area (Å²) in [7, 11) is -1.85. The summed E-state index contributed by atoms with van der Waals surface area (Å²) in [6.45, 7) is 6.11. The van der Waals surface area contributed by atoms with Gasteiger partial charge in [-0.2, -0.15) is 9.40 Å². The highest BCUT2D eigenvalue weighted by molar-refractivity contribution is 7.89. The molecule has 1 fully saturated rings. The van der Waals surface area contributed by atoms with Crippen LogP contribution in [0.1, 0.15) is 17.8 Å². The molecular formula is C13H24N4O3S. The van der Waals surface area contributed by atoms with Gasteiger partial charge in [-0.05, 0) is 26.2 Å². The Bertz CT molecular complexity index is 597. The molecule has 2 heterocycles. The Morgan fingerprint density at radius 3 is 2.76 bits per heavy atom. The van der Waals surface area contributed by atoms with E-state index in [2.05, 4.69) is 5.10 Å². The van der Waals surface area contributed by atoms with E-state index in [0.717, 1.165) is 6.42 Å². The number of nitrogens with two attached hydrogens (primary N) is 1. The highest BCUT2D eigenvalue weighted by Gasteiger charge is 2.35. The van der Waals surface area contributed by atoms with Gasteiger partial charge in [0.25, 0.3) is 0 Å². The van der Waals surface area contributed by atoms with Crippen LogP contribution in [0.25, 0.3) is 0 Å². The number of hydrogen-bond acceptors (Lipinski definition) is 5. The minimum absolute atomic E-state index is 0.268. The highest BCUT2D eigenvalue weighted by Crippen LogP contribution is 2.28. The second kappa shape index (κ2) is 6.43. The van der Waals surface area contributed by atoms with Gasteiger partial charge >= 0.3 is 0 Å². The maximum Gasteiger partial charge on any atom is 0.246 e. The van der Waals surface area contributed by atoms with Gasteiger partial charge in [-0.25, -0.2) is 8.42 Å². The Labute approximate surface area is 126 Å². The number of hydrogen-bond donors (Lipinski definition) is 1. The number of nitrogens with zero attached hydrogens (tertiary/aromatic N) is 3. The maximum absolute atomic E-state index is 12.8. The molecule has 0 aromatic carbocycles. The van der Waals surface area contributed by atoms with Gasteiger partial charge in [0.1, 0.15) is 4.90 Å². The maximum atomic E-state index is 12.8. The van der Waals surface area contributed by atoms with Crippen LogP contribution >= 0.6 is 0 Å². The number of methoxy groups -OCH3 is 1. The van der Waals surface area contributed by atoms with Gasteiger partial charge < -0.3 is 10.5 Å². The van der Waals surface area contributed by atoms with Crippen LogP contribution < -0.4 is 5.73 Å². The van der Waals surface area contributed by atoms with Crippen molar-refractivity contribution in [2.75, 3.05) is 33.4 Å². The number of rotatable bonds is 6. The molecule has 0 amide bonds. The van der Waals surface area contributed by atoms with E-state index in [4.69, 9.17) is 10.5 Å². The molecule has 7 nitrogen and oxygen atoms in total. The van der Waals surface area contributed by atoms with Crippen LogP contribution in [0.15, 0.2) is 4.90 Å². The summed E-state index contributed by atoms with van der Waals surface area (Å²) < 4.78 is 34.0. The van der Waals surface area contributed by atoms with Gasteiger partial charge in [0.15, 0.2) is 0 Å². The van der Waals surface area contributed by atoms with Crippen LogP contribution in [0.4, 0.5) is 0 Å². The highest BCUT2D eigenvalue weighted by atomic mass is 32.2. The van der Waals surface area contributed by atoms with Crippen LogP contribution in [-0.4, -0.2) is 55.9 Å². The molecule has 1 unspecified atom stereocenters. The summed E-state index contributed by atoms with van der Waals surface area (Å²) in [5.74, 6) is 0.268. The number of sulfonamides is 1. The predicted octanol–water partition coefficient (Wildman–Crippen LogP) is 0.116. The zero-order valence-electron chi connectivity index (χ0n) is 12.9. The van der Waals surface area contributed by atoms with E-state index in [9.17, 15) is 8.42 Å². The second-order valence-electron chi connectivity index (χ2n) is 5.48. The van der Waals surface area contributed by atoms with Gasteiger partial charge in [-0.1, -0.05) is 0 Å². The molecule has 0 aliphatic carbocycles. The van der Waals surface area contributed by atoms with Crippen molar-refractivity contribution < 1.29 is 13.2 Å². The molecule has 0 saturated carbocycles. The van der Waals surface area contributed by atoms with Crippen molar-refractivity contribution in [3.05, 3.63) is 11.4 Å². The number of aromatic nitrogens is 2. The quantitative estimate of drug-likeness (QED) is 0.805. The van der Waals surface area contributed by atoms with Crippen molar-refractivity contribution >= 4 is 10.0 Å². The smallest absolute Gasteiger partial charge is 0.246 e. The average molecular weight is 316 g/mol. The Balaban J connectivity index is 2.28. The Kier molecular flexibility index (Phi) is 5.03. The van der Waals surface area contributed by atoms with Gasteiger partial charge in [-0.3, -0.25) is 4.68 Å². The van der Waals surface area contributed by atoms with Crippen molar-refractivity contribution in [3.63, 3.8) is 0 Å². The van der Waals surface area contributed by atoms with Crippen molar-refractivity contribution in [1.29, 1.82) is 0 Å². The van der Waals surface area contributed by atoms with Crippen molar-refractivity contribution in [3.8, 4) is 0 Å². The zero-order valence-corrected chi connectivity index (χ0v) is 13.7. The summed E-state index contributed by atoms with van der Waals surface area (Å²) in [6, 6.07) is 0. The molecule has 21 heavy (non-hydrogen) atoms. The third-order valence-electron chi connectivity index (χ3n) is 3.90. The van der Waals surface area contributed by atoms with Crippen molar-refractivity contribution in [2.24, 2.45) is 11.7 Å². The van der Waals surface area contributed by atoms with Crippen LogP contribution in [0, 0.1) is 19.8 Å². The Hall–Kier alpha value is -0.960. The molecule has 1 aromatic heterocycles. The van der Waals surface area contributed by atoms with Crippen molar-refractivity contribution in [2.45, 2.75) is 31.7 Å². The molecule has 1 aliphatic rings. The lowest BCUT2D eigenvalue weighted by Crippen LogP contribution is -2.30. The van der Waals surface area contributed by atoms with E-state index in [-0.39, 0.29) is 5.92 Å². The first-order valence-corrected chi connectivity index (χ1v) is 8.59. The summed E-state index contributed by atoms with van der Waals surface area (Å²) >= 11 is 0. The van der Waals surface area contributed by atoms with E-state index < -0.39 is 10.0 Å². The van der Waals surface area contributed by atoms with Crippen molar-refractivity contribution in [1.82, 2.24) is 14.1 Å². The standard InChI is InChI=1S/C13H24N4O3S/c1-10-13(11(2)17(15-10)7-5-14)21(18,19)16-6-4-12(8-16)9-20-3/h12H,4-9,14H2,1-3H3. The molecule has 1 aromatic rings. The van der Waals surface area contributed by atoms with E-state index in [0.29, 0.717) is 49.1 Å². The number of ether oxygens (including phenoxy) is 1. The fourth-order valence-corrected chi connectivity index (χ4v) is 4.81. The first-order chi connectivity index (χ1) is 9.91. The molecule has 1 aliphatic heterocycles. The molecule has 120 valence electrons. The van der Waals surface area contributed by atoms with Crippen LogP contribution in [-0.2, 0) is 21.3 Å². The second-order valence-corrected chi connectivity index (χ2v) is 7.36. The van der Waals surface area contributed by atoms with Gasteiger partial charge in [0.2, 0.25) is 10.0 Å². The number of aryl methyl sites for hydroxylation is 1. The van der Waals surface area contributed by atoms with E-state index in [1.165, 1.54) is 0 Å². The van der Waals surface area contributed by atoms with Gasteiger partial charge in [0, 0.05) is 26.7 Å². The summed E-state index contributed by atoms with van der Waals surface area (Å²) in [6.07, 6.45) is 0.835. The van der Waals surface area contributed by atoms with E-state index >= 15 is 0 Å². The fraction of sp³-hybridized carbons (Fsp3) is 0.769. The SMILES string of the molecule is COCC1CCN(S(=O)(=O)c2c(C)nn(CCN)c2C)C1. The largest absolute Gasteiger partial charge is 0.384 e. The third-order valence-corrected chi connectivity index (χ3v) is 6.02. The minimum Gasteiger partial charge on any atom is -0.384 e. The Morgan fingerprint density at radius 1 is 1.43 bits per heavy atom.